The van der Waals surface area contributed by atoms with Crippen molar-refractivity contribution in [3.63, 3.8) is 0 Å². The van der Waals surface area contributed by atoms with Crippen molar-refractivity contribution >= 4 is 22.5 Å². The van der Waals surface area contributed by atoms with Crippen molar-refractivity contribution in [1.29, 1.82) is 0 Å². The summed E-state index contributed by atoms with van der Waals surface area (Å²) in [5.41, 5.74) is 2.85. The Labute approximate surface area is 116 Å². The second-order valence-corrected chi connectivity index (χ2v) is 4.51. The summed E-state index contributed by atoms with van der Waals surface area (Å²) in [6.07, 6.45) is 3.28. The molecule has 0 saturated heterocycles. The molecule has 2 aromatic heterocycles. The number of benzene rings is 1. The first-order valence-electron chi connectivity index (χ1n) is 6.32. The van der Waals surface area contributed by atoms with E-state index in [1.54, 1.807) is 24.5 Å². The van der Waals surface area contributed by atoms with Gasteiger partial charge in [0.1, 0.15) is 0 Å². The molecule has 0 aliphatic heterocycles. The summed E-state index contributed by atoms with van der Waals surface area (Å²) in [5.74, 6) is -0.172. The number of para-hydroxylation sites is 1. The molecule has 0 aliphatic carbocycles. The predicted molar refractivity (Wildman–Crippen MR) is 78.7 cm³/mol. The van der Waals surface area contributed by atoms with Gasteiger partial charge < -0.3 is 5.32 Å². The molecule has 0 unspecified atom stereocenters. The summed E-state index contributed by atoms with van der Waals surface area (Å²) < 4.78 is 0. The Morgan fingerprint density at radius 3 is 2.80 bits per heavy atom. The molecule has 4 heteroatoms. The van der Waals surface area contributed by atoms with Gasteiger partial charge in [-0.05, 0) is 31.2 Å². The lowest BCUT2D eigenvalue weighted by Crippen LogP contribution is -2.14. The Balaban J connectivity index is 1.97. The van der Waals surface area contributed by atoms with Crippen LogP contribution in [0, 0.1) is 6.92 Å². The number of pyridine rings is 2. The van der Waals surface area contributed by atoms with Crippen LogP contribution in [0.5, 0.6) is 0 Å². The predicted octanol–water partition coefficient (Wildman–Crippen LogP) is 3.19. The van der Waals surface area contributed by atoms with Crippen molar-refractivity contribution in [3.05, 3.63) is 66.1 Å². The average Bonchev–Trinajstić information content (AvgIpc) is 2.47. The lowest BCUT2D eigenvalue weighted by Gasteiger charge is -2.08. The first-order chi connectivity index (χ1) is 9.74. The Hall–Kier alpha value is -2.75. The van der Waals surface area contributed by atoms with Crippen molar-refractivity contribution in [2.24, 2.45) is 0 Å². The van der Waals surface area contributed by atoms with Gasteiger partial charge in [0.15, 0.2) is 0 Å². The van der Waals surface area contributed by atoms with E-state index in [1.165, 1.54) is 0 Å². The highest BCUT2D eigenvalue weighted by molar-refractivity contribution is 6.06. The molecule has 0 radical (unpaired) electrons. The lowest BCUT2D eigenvalue weighted by molar-refractivity contribution is 0.102. The molecule has 1 N–H and O–H groups in total. The van der Waals surface area contributed by atoms with Crippen molar-refractivity contribution in [2.75, 3.05) is 5.32 Å². The number of hydrogen-bond acceptors (Lipinski definition) is 3. The number of aryl methyl sites for hydroxylation is 1. The van der Waals surface area contributed by atoms with Gasteiger partial charge in [0.05, 0.1) is 28.7 Å². The van der Waals surface area contributed by atoms with Gasteiger partial charge in [0.2, 0.25) is 0 Å². The molecule has 0 atom stereocenters. The summed E-state index contributed by atoms with van der Waals surface area (Å²) in [6.45, 7) is 1.84. The fourth-order valence-corrected chi connectivity index (χ4v) is 2.08. The highest BCUT2D eigenvalue weighted by Crippen LogP contribution is 2.17. The van der Waals surface area contributed by atoms with E-state index < -0.39 is 0 Å². The lowest BCUT2D eigenvalue weighted by atomic mass is 10.1. The van der Waals surface area contributed by atoms with E-state index in [4.69, 9.17) is 0 Å². The quantitative estimate of drug-likeness (QED) is 0.772. The van der Waals surface area contributed by atoms with Crippen LogP contribution in [-0.2, 0) is 0 Å². The SMILES string of the molecule is Cc1nc2ccccc2cc1C(=O)Nc1cccnc1. The van der Waals surface area contributed by atoms with Gasteiger partial charge in [-0.2, -0.15) is 0 Å². The van der Waals surface area contributed by atoms with Crippen molar-refractivity contribution in [3.8, 4) is 0 Å². The number of carbonyl (C=O) groups excluding carboxylic acids is 1. The number of anilines is 1. The molecule has 0 aliphatic rings. The van der Waals surface area contributed by atoms with Crippen LogP contribution in [0.15, 0.2) is 54.9 Å². The molecule has 3 aromatic rings. The van der Waals surface area contributed by atoms with Crippen LogP contribution in [0.1, 0.15) is 16.1 Å². The Kier molecular flexibility index (Phi) is 3.13. The summed E-state index contributed by atoms with van der Waals surface area (Å²) in [4.78, 5) is 20.7. The van der Waals surface area contributed by atoms with Crippen LogP contribution in [0.4, 0.5) is 5.69 Å². The fourth-order valence-electron chi connectivity index (χ4n) is 2.08. The number of hydrogen-bond donors (Lipinski definition) is 1. The third-order valence-corrected chi connectivity index (χ3v) is 3.08. The van der Waals surface area contributed by atoms with Crippen molar-refractivity contribution in [1.82, 2.24) is 9.97 Å². The number of carbonyl (C=O) groups is 1. The van der Waals surface area contributed by atoms with E-state index in [0.717, 1.165) is 10.9 Å². The zero-order chi connectivity index (χ0) is 13.9. The molecule has 2 heterocycles. The van der Waals surface area contributed by atoms with E-state index in [2.05, 4.69) is 15.3 Å². The summed E-state index contributed by atoms with van der Waals surface area (Å²) >= 11 is 0. The maximum absolute atomic E-state index is 12.3. The van der Waals surface area contributed by atoms with Crippen molar-refractivity contribution < 1.29 is 4.79 Å². The van der Waals surface area contributed by atoms with Gasteiger partial charge >= 0.3 is 0 Å². The molecule has 20 heavy (non-hydrogen) atoms. The van der Waals surface area contributed by atoms with Gasteiger partial charge in [-0.25, -0.2) is 0 Å². The maximum atomic E-state index is 12.3. The summed E-state index contributed by atoms with van der Waals surface area (Å²) in [5, 5.41) is 3.78. The van der Waals surface area contributed by atoms with Gasteiger partial charge in [-0.3, -0.25) is 14.8 Å². The van der Waals surface area contributed by atoms with Crippen LogP contribution in [0.25, 0.3) is 10.9 Å². The second-order valence-electron chi connectivity index (χ2n) is 4.51. The number of nitrogens with zero attached hydrogens (tertiary/aromatic N) is 2. The number of fused-ring (bicyclic) bond motifs is 1. The number of rotatable bonds is 2. The van der Waals surface area contributed by atoms with Crippen LogP contribution in [0.2, 0.25) is 0 Å². The molecule has 0 fully saturated rings. The summed E-state index contributed by atoms with van der Waals surface area (Å²) in [6, 6.07) is 13.2. The molecule has 0 spiro atoms. The van der Waals surface area contributed by atoms with E-state index >= 15 is 0 Å². The standard InChI is InChI=1S/C16H13N3O/c1-11-14(9-12-5-2-3-7-15(12)18-11)16(20)19-13-6-4-8-17-10-13/h2-10H,1H3,(H,19,20). The number of aromatic nitrogens is 2. The normalized spacial score (nSPS) is 10.4. The van der Waals surface area contributed by atoms with Crippen LogP contribution in [-0.4, -0.2) is 15.9 Å². The van der Waals surface area contributed by atoms with E-state index in [1.807, 2.05) is 37.3 Å². The topological polar surface area (TPSA) is 54.9 Å². The number of nitrogens with one attached hydrogen (secondary N) is 1. The zero-order valence-electron chi connectivity index (χ0n) is 11.0. The van der Waals surface area contributed by atoms with Crippen LogP contribution in [0.3, 0.4) is 0 Å². The average molecular weight is 263 g/mol. The second kappa shape index (κ2) is 5.09. The van der Waals surface area contributed by atoms with Crippen molar-refractivity contribution in [2.45, 2.75) is 6.92 Å². The molecular formula is C16H13N3O. The minimum absolute atomic E-state index is 0.172. The zero-order valence-corrected chi connectivity index (χ0v) is 11.0. The largest absolute Gasteiger partial charge is 0.321 e. The molecule has 0 saturated carbocycles. The first-order valence-corrected chi connectivity index (χ1v) is 6.32. The Morgan fingerprint density at radius 1 is 1.15 bits per heavy atom. The highest BCUT2D eigenvalue weighted by Gasteiger charge is 2.11. The van der Waals surface area contributed by atoms with Crippen LogP contribution < -0.4 is 5.32 Å². The van der Waals surface area contributed by atoms with Gasteiger partial charge in [-0.15, -0.1) is 0 Å². The van der Waals surface area contributed by atoms with E-state index in [-0.39, 0.29) is 5.91 Å². The Bertz CT molecular complexity index is 769. The monoisotopic (exact) mass is 263 g/mol. The molecule has 0 bridgehead atoms. The molecule has 4 nitrogen and oxygen atoms in total. The molecule has 1 aromatic carbocycles. The van der Waals surface area contributed by atoms with Crippen LogP contribution >= 0.6 is 0 Å². The minimum Gasteiger partial charge on any atom is -0.321 e. The molecule has 3 rings (SSSR count). The molecule has 98 valence electrons. The number of amides is 1. The smallest absolute Gasteiger partial charge is 0.257 e. The van der Waals surface area contributed by atoms with E-state index in [0.29, 0.717) is 16.9 Å². The Morgan fingerprint density at radius 2 is 2.00 bits per heavy atom. The minimum atomic E-state index is -0.172. The maximum Gasteiger partial charge on any atom is 0.257 e. The first kappa shape index (κ1) is 12.3. The van der Waals surface area contributed by atoms with Gasteiger partial charge in [0, 0.05) is 11.6 Å². The molecule has 1 amide bonds. The third kappa shape index (κ3) is 2.36. The fraction of sp³-hybridized carbons (Fsp3) is 0.0625. The summed E-state index contributed by atoms with van der Waals surface area (Å²) in [7, 11) is 0. The van der Waals surface area contributed by atoms with Gasteiger partial charge in [0.25, 0.3) is 5.91 Å². The third-order valence-electron chi connectivity index (χ3n) is 3.08. The van der Waals surface area contributed by atoms with Gasteiger partial charge in [-0.1, -0.05) is 18.2 Å². The van der Waals surface area contributed by atoms with E-state index in [9.17, 15) is 4.79 Å². The highest BCUT2D eigenvalue weighted by atomic mass is 16.1. The molecular weight excluding hydrogens is 250 g/mol.